The molecule has 0 radical (unpaired) electrons. The summed E-state index contributed by atoms with van der Waals surface area (Å²) in [5.74, 6) is 1.92. The van der Waals surface area contributed by atoms with E-state index >= 15 is 0 Å². The quantitative estimate of drug-likeness (QED) is 0.831. The first kappa shape index (κ1) is 13.7. The Morgan fingerprint density at radius 2 is 1.74 bits per heavy atom. The van der Waals surface area contributed by atoms with E-state index in [-0.39, 0.29) is 11.5 Å². The molecule has 1 atom stereocenters. The molecule has 0 aliphatic heterocycles. The van der Waals surface area contributed by atoms with E-state index in [1.54, 1.807) is 0 Å². The second-order valence-electron chi connectivity index (χ2n) is 6.11. The van der Waals surface area contributed by atoms with Gasteiger partial charge in [0.15, 0.2) is 0 Å². The number of aryl methyl sites for hydroxylation is 1. The first-order valence-corrected chi connectivity index (χ1v) is 6.80. The molecule has 2 nitrogen and oxygen atoms in total. The summed E-state index contributed by atoms with van der Waals surface area (Å²) in [6, 6.07) is 12.7. The van der Waals surface area contributed by atoms with Crippen molar-refractivity contribution >= 4 is 5.69 Å². The van der Waals surface area contributed by atoms with E-state index in [0.717, 1.165) is 11.5 Å². The van der Waals surface area contributed by atoms with Crippen molar-refractivity contribution in [2.24, 2.45) is 0 Å². The van der Waals surface area contributed by atoms with Gasteiger partial charge in [0.1, 0.15) is 11.5 Å². The molecule has 0 bridgehead atoms. The van der Waals surface area contributed by atoms with Gasteiger partial charge in [0.2, 0.25) is 0 Å². The minimum Gasteiger partial charge on any atom is -0.464 e. The molecule has 0 aliphatic rings. The zero-order valence-corrected chi connectivity index (χ0v) is 12.4. The van der Waals surface area contributed by atoms with E-state index in [0.29, 0.717) is 0 Å². The molecule has 1 aromatic carbocycles. The zero-order valence-electron chi connectivity index (χ0n) is 12.4. The van der Waals surface area contributed by atoms with Crippen molar-refractivity contribution in [3.05, 3.63) is 53.5 Å². The maximum Gasteiger partial charge on any atom is 0.126 e. The van der Waals surface area contributed by atoms with Crippen LogP contribution in [0.5, 0.6) is 0 Å². The molecule has 0 saturated heterocycles. The van der Waals surface area contributed by atoms with Crippen molar-refractivity contribution in [3.63, 3.8) is 0 Å². The molecular weight excluding hydrogens is 234 g/mol. The minimum absolute atomic E-state index is 0.127. The lowest BCUT2D eigenvalue weighted by molar-refractivity contribution is 0.466. The molecule has 1 N–H and O–H groups in total. The highest BCUT2D eigenvalue weighted by Gasteiger charge is 2.19. The van der Waals surface area contributed by atoms with Gasteiger partial charge in [0.05, 0.1) is 6.04 Å². The van der Waals surface area contributed by atoms with Gasteiger partial charge in [-0.05, 0) is 43.0 Å². The van der Waals surface area contributed by atoms with Gasteiger partial charge < -0.3 is 9.73 Å². The highest BCUT2D eigenvalue weighted by atomic mass is 16.3. The molecule has 2 heteroatoms. The predicted molar refractivity (Wildman–Crippen MR) is 80.6 cm³/mol. The third-order valence-corrected chi connectivity index (χ3v) is 3.30. The van der Waals surface area contributed by atoms with Crippen LogP contribution in [0.1, 0.15) is 50.8 Å². The third-order valence-electron chi connectivity index (χ3n) is 3.30. The van der Waals surface area contributed by atoms with Gasteiger partial charge in [0.25, 0.3) is 0 Å². The van der Waals surface area contributed by atoms with Crippen LogP contribution in [-0.4, -0.2) is 0 Å². The Morgan fingerprint density at radius 1 is 1.05 bits per heavy atom. The normalized spacial score (nSPS) is 13.3. The number of rotatable bonds is 3. The minimum atomic E-state index is 0.127. The summed E-state index contributed by atoms with van der Waals surface area (Å²) in [5, 5.41) is 3.55. The van der Waals surface area contributed by atoms with Crippen LogP contribution in [0.2, 0.25) is 0 Å². The highest BCUT2D eigenvalue weighted by molar-refractivity contribution is 5.55. The second kappa shape index (κ2) is 5.12. The SMILES string of the molecule is Cc1ccc(C(C)Nc2ccccc2C(C)(C)C)o1. The predicted octanol–water partition coefficient (Wildman–Crippen LogP) is 5.06. The molecule has 1 heterocycles. The van der Waals surface area contributed by atoms with Gasteiger partial charge in [-0.25, -0.2) is 0 Å². The third kappa shape index (κ3) is 3.19. The van der Waals surface area contributed by atoms with Gasteiger partial charge in [-0.2, -0.15) is 0 Å². The molecule has 1 unspecified atom stereocenters. The van der Waals surface area contributed by atoms with E-state index < -0.39 is 0 Å². The van der Waals surface area contributed by atoms with Crippen LogP contribution in [0.4, 0.5) is 5.69 Å². The van der Waals surface area contributed by atoms with Crippen molar-refractivity contribution in [2.45, 2.75) is 46.1 Å². The average Bonchev–Trinajstić information content (AvgIpc) is 2.75. The number of nitrogens with one attached hydrogen (secondary N) is 1. The lowest BCUT2D eigenvalue weighted by Gasteiger charge is -2.25. The fourth-order valence-corrected chi connectivity index (χ4v) is 2.25. The monoisotopic (exact) mass is 257 g/mol. The first-order valence-electron chi connectivity index (χ1n) is 6.80. The van der Waals surface area contributed by atoms with Gasteiger partial charge in [0, 0.05) is 5.69 Å². The lowest BCUT2D eigenvalue weighted by atomic mass is 9.85. The number of para-hydroxylation sites is 1. The van der Waals surface area contributed by atoms with E-state index in [9.17, 15) is 0 Å². The Morgan fingerprint density at radius 3 is 2.32 bits per heavy atom. The number of furan rings is 1. The van der Waals surface area contributed by atoms with Crippen LogP contribution in [0.3, 0.4) is 0 Å². The van der Waals surface area contributed by atoms with Gasteiger partial charge in [-0.15, -0.1) is 0 Å². The van der Waals surface area contributed by atoms with Crippen LogP contribution < -0.4 is 5.32 Å². The molecule has 2 aromatic rings. The Hall–Kier alpha value is -1.70. The number of hydrogen-bond donors (Lipinski definition) is 1. The van der Waals surface area contributed by atoms with Crippen molar-refractivity contribution < 1.29 is 4.42 Å². The maximum atomic E-state index is 5.68. The van der Waals surface area contributed by atoms with Gasteiger partial charge in [-0.1, -0.05) is 39.0 Å². The topological polar surface area (TPSA) is 25.2 Å². The smallest absolute Gasteiger partial charge is 0.126 e. The fraction of sp³-hybridized carbons (Fsp3) is 0.412. The summed E-state index contributed by atoms with van der Waals surface area (Å²) in [6.07, 6.45) is 0. The van der Waals surface area contributed by atoms with Crippen LogP contribution in [0.15, 0.2) is 40.8 Å². The highest BCUT2D eigenvalue weighted by Crippen LogP contribution is 2.31. The van der Waals surface area contributed by atoms with Gasteiger partial charge >= 0.3 is 0 Å². The van der Waals surface area contributed by atoms with Crippen molar-refractivity contribution in [2.75, 3.05) is 5.32 Å². The van der Waals surface area contributed by atoms with Crippen LogP contribution >= 0.6 is 0 Å². The van der Waals surface area contributed by atoms with E-state index in [1.165, 1.54) is 11.3 Å². The van der Waals surface area contributed by atoms with Crippen molar-refractivity contribution in [1.82, 2.24) is 0 Å². The number of anilines is 1. The zero-order chi connectivity index (χ0) is 14.0. The Kier molecular flexibility index (Phi) is 3.70. The lowest BCUT2D eigenvalue weighted by Crippen LogP contribution is -2.16. The average molecular weight is 257 g/mol. The molecule has 0 fully saturated rings. The Balaban J connectivity index is 2.24. The summed E-state index contributed by atoms with van der Waals surface area (Å²) in [4.78, 5) is 0. The van der Waals surface area contributed by atoms with E-state index in [2.05, 4.69) is 57.3 Å². The molecule has 0 saturated carbocycles. The summed E-state index contributed by atoms with van der Waals surface area (Å²) in [5.41, 5.74) is 2.63. The molecule has 0 aliphatic carbocycles. The number of benzene rings is 1. The summed E-state index contributed by atoms with van der Waals surface area (Å²) < 4.78 is 5.68. The van der Waals surface area contributed by atoms with Crippen molar-refractivity contribution in [1.29, 1.82) is 0 Å². The first-order chi connectivity index (χ1) is 8.88. The van der Waals surface area contributed by atoms with Crippen LogP contribution in [0, 0.1) is 6.92 Å². The fourth-order valence-electron chi connectivity index (χ4n) is 2.25. The largest absolute Gasteiger partial charge is 0.464 e. The summed E-state index contributed by atoms with van der Waals surface area (Å²) in [6.45, 7) is 10.8. The number of hydrogen-bond acceptors (Lipinski definition) is 2. The molecule has 0 amide bonds. The Bertz CT molecular complexity index is 548. The molecular formula is C17H23NO. The van der Waals surface area contributed by atoms with Crippen LogP contribution in [-0.2, 0) is 5.41 Å². The van der Waals surface area contributed by atoms with Gasteiger partial charge in [-0.3, -0.25) is 0 Å². The second-order valence-corrected chi connectivity index (χ2v) is 6.11. The molecule has 102 valence electrons. The maximum absolute atomic E-state index is 5.68. The molecule has 2 rings (SSSR count). The summed E-state index contributed by atoms with van der Waals surface area (Å²) >= 11 is 0. The van der Waals surface area contributed by atoms with E-state index in [4.69, 9.17) is 4.42 Å². The van der Waals surface area contributed by atoms with Crippen LogP contribution in [0.25, 0.3) is 0 Å². The Labute approximate surface area is 115 Å². The summed E-state index contributed by atoms with van der Waals surface area (Å²) in [7, 11) is 0. The standard InChI is InChI=1S/C17H23NO/c1-12-10-11-16(19-12)13(2)18-15-9-7-6-8-14(15)17(3,4)5/h6-11,13,18H,1-5H3. The molecule has 1 aromatic heterocycles. The van der Waals surface area contributed by atoms with Crippen molar-refractivity contribution in [3.8, 4) is 0 Å². The molecule has 0 spiro atoms. The van der Waals surface area contributed by atoms with E-state index in [1.807, 2.05) is 19.1 Å². The molecule has 19 heavy (non-hydrogen) atoms.